The van der Waals surface area contributed by atoms with Crippen molar-refractivity contribution in [1.29, 1.82) is 0 Å². The number of aryl methyl sites for hydroxylation is 1. The van der Waals surface area contributed by atoms with Crippen molar-refractivity contribution in [2.45, 2.75) is 50.2 Å². The average molecular weight is 313 g/mol. The first kappa shape index (κ1) is 17.7. The van der Waals surface area contributed by atoms with Crippen molar-refractivity contribution >= 4 is 17.7 Å². The fraction of sp³-hybridized carbons (Fsp3) is 0.643. The number of thioether (sulfide) groups is 1. The van der Waals surface area contributed by atoms with Gasteiger partial charge in [-0.3, -0.25) is 9.59 Å². The Morgan fingerprint density at radius 2 is 2.29 bits per heavy atom. The van der Waals surface area contributed by atoms with Gasteiger partial charge in [0.2, 0.25) is 0 Å². The highest BCUT2D eigenvalue weighted by atomic mass is 32.2. The molecule has 0 fully saturated rings. The van der Waals surface area contributed by atoms with Crippen molar-refractivity contribution in [2.24, 2.45) is 5.73 Å². The molecular weight excluding hydrogens is 290 g/mol. The van der Waals surface area contributed by atoms with E-state index in [2.05, 4.69) is 14.7 Å². The summed E-state index contributed by atoms with van der Waals surface area (Å²) in [6.07, 6.45) is 2.99. The fourth-order valence-electron chi connectivity index (χ4n) is 1.88. The van der Waals surface area contributed by atoms with Crippen molar-refractivity contribution in [2.75, 3.05) is 12.9 Å². The molecule has 0 saturated heterocycles. The molecule has 0 spiro atoms. The van der Waals surface area contributed by atoms with Gasteiger partial charge < -0.3 is 15.5 Å². The molecular formula is C14H23N3O3S. The zero-order valence-corrected chi connectivity index (χ0v) is 13.6. The van der Waals surface area contributed by atoms with Crippen LogP contribution in [0.5, 0.6) is 0 Å². The Kier molecular flexibility index (Phi) is 6.91. The molecule has 0 saturated carbocycles. The van der Waals surface area contributed by atoms with E-state index in [4.69, 9.17) is 5.73 Å². The fourth-order valence-corrected chi connectivity index (χ4v) is 2.72. The first-order valence-corrected chi connectivity index (χ1v) is 7.98. The lowest BCUT2D eigenvalue weighted by molar-refractivity contribution is -0.146. The normalized spacial score (nSPS) is 13.7. The van der Waals surface area contributed by atoms with Gasteiger partial charge in [0.1, 0.15) is 5.54 Å². The molecule has 1 aromatic rings. The lowest BCUT2D eigenvalue weighted by Crippen LogP contribution is -2.45. The number of rotatable bonds is 8. The zero-order valence-electron chi connectivity index (χ0n) is 12.8. The van der Waals surface area contributed by atoms with E-state index in [1.54, 1.807) is 6.92 Å². The second kappa shape index (κ2) is 8.19. The number of carbonyl (C=O) groups is 1. The number of carbonyl (C=O) groups excluding carboxylic acids is 1. The minimum absolute atomic E-state index is 0.130. The monoisotopic (exact) mass is 313 g/mol. The van der Waals surface area contributed by atoms with Gasteiger partial charge in [-0.05, 0) is 26.2 Å². The number of nitrogens with zero attached hydrogens (tertiary/aromatic N) is 1. The molecule has 6 nitrogen and oxygen atoms in total. The van der Waals surface area contributed by atoms with Gasteiger partial charge >= 0.3 is 5.97 Å². The Morgan fingerprint density at radius 3 is 2.90 bits per heavy atom. The molecule has 0 aliphatic carbocycles. The highest BCUT2D eigenvalue weighted by molar-refractivity contribution is 7.99. The lowest BCUT2D eigenvalue weighted by Gasteiger charge is -2.20. The van der Waals surface area contributed by atoms with E-state index in [0.717, 1.165) is 30.7 Å². The number of esters is 1. The highest BCUT2D eigenvalue weighted by Crippen LogP contribution is 2.17. The first-order chi connectivity index (χ1) is 9.89. The summed E-state index contributed by atoms with van der Waals surface area (Å²) >= 11 is 1.46. The SMILES string of the molecule is CCCc1cc(=O)[nH]c(SCCCC(C)(N)C(=O)OC)n1. The smallest absolute Gasteiger partial charge is 0.325 e. The van der Waals surface area contributed by atoms with Crippen LogP contribution in [0.15, 0.2) is 16.0 Å². The molecule has 1 atom stereocenters. The number of ether oxygens (including phenoxy) is 1. The molecule has 0 bridgehead atoms. The minimum Gasteiger partial charge on any atom is -0.468 e. The molecule has 21 heavy (non-hydrogen) atoms. The molecule has 1 unspecified atom stereocenters. The topological polar surface area (TPSA) is 98.1 Å². The number of H-pyrrole nitrogens is 1. The molecule has 0 aliphatic heterocycles. The van der Waals surface area contributed by atoms with Crippen LogP contribution in [0.2, 0.25) is 0 Å². The lowest BCUT2D eigenvalue weighted by atomic mass is 9.98. The molecule has 0 aliphatic rings. The van der Waals surface area contributed by atoms with Crippen LogP contribution in [0.25, 0.3) is 0 Å². The van der Waals surface area contributed by atoms with E-state index in [9.17, 15) is 9.59 Å². The molecule has 1 aromatic heterocycles. The quantitative estimate of drug-likeness (QED) is 0.326. The number of hydrogen-bond donors (Lipinski definition) is 2. The van der Waals surface area contributed by atoms with Crippen LogP contribution in [0, 0.1) is 0 Å². The summed E-state index contributed by atoms with van der Waals surface area (Å²) in [5.41, 5.74) is 5.59. The van der Waals surface area contributed by atoms with E-state index in [0.29, 0.717) is 11.6 Å². The standard InChI is InChI=1S/C14H23N3O3S/c1-4-6-10-9-11(18)17-13(16-10)21-8-5-7-14(2,15)12(19)20-3/h9H,4-8,15H2,1-3H3,(H,16,17,18). The van der Waals surface area contributed by atoms with Crippen molar-refractivity contribution < 1.29 is 9.53 Å². The van der Waals surface area contributed by atoms with E-state index in [-0.39, 0.29) is 5.56 Å². The summed E-state index contributed by atoms with van der Waals surface area (Å²) in [6.45, 7) is 3.70. The van der Waals surface area contributed by atoms with E-state index in [1.807, 2.05) is 6.92 Å². The first-order valence-electron chi connectivity index (χ1n) is 6.99. The van der Waals surface area contributed by atoms with Crippen LogP contribution in [0.4, 0.5) is 0 Å². The van der Waals surface area contributed by atoms with E-state index < -0.39 is 11.5 Å². The summed E-state index contributed by atoms with van der Waals surface area (Å²) in [4.78, 5) is 30.1. The summed E-state index contributed by atoms with van der Waals surface area (Å²) in [7, 11) is 1.33. The molecule has 1 rings (SSSR count). The number of aromatic amines is 1. The van der Waals surface area contributed by atoms with Gasteiger partial charge in [-0.15, -0.1) is 0 Å². The Balaban J connectivity index is 2.49. The largest absolute Gasteiger partial charge is 0.468 e. The van der Waals surface area contributed by atoms with E-state index in [1.165, 1.54) is 24.9 Å². The van der Waals surface area contributed by atoms with Gasteiger partial charge in [0.05, 0.1) is 7.11 Å². The van der Waals surface area contributed by atoms with Crippen LogP contribution in [0.3, 0.4) is 0 Å². The van der Waals surface area contributed by atoms with Gasteiger partial charge in [0.25, 0.3) is 5.56 Å². The van der Waals surface area contributed by atoms with Crippen LogP contribution in [0.1, 0.15) is 38.8 Å². The van der Waals surface area contributed by atoms with Crippen LogP contribution < -0.4 is 11.3 Å². The van der Waals surface area contributed by atoms with Crippen molar-refractivity contribution in [3.63, 3.8) is 0 Å². The van der Waals surface area contributed by atoms with Crippen LogP contribution in [-0.4, -0.2) is 34.3 Å². The molecule has 1 heterocycles. The number of hydrogen-bond acceptors (Lipinski definition) is 6. The maximum Gasteiger partial charge on any atom is 0.325 e. The maximum atomic E-state index is 11.5. The predicted octanol–water partition coefficient (Wildman–Crippen LogP) is 1.49. The molecule has 0 radical (unpaired) electrons. The third kappa shape index (κ3) is 5.89. The maximum absolute atomic E-state index is 11.5. The Morgan fingerprint density at radius 1 is 1.57 bits per heavy atom. The molecule has 3 N–H and O–H groups in total. The second-order valence-corrected chi connectivity index (χ2v) is 6.24. The Labute approximate surface area is 128 Å². The van der Waals surface area contributed by atoms with Crippen LogP contribution >= 0.6 is 11.8 Å². The minimum atomic E-state index is -0.972. The molecule has 0 aromatic carbocycles. The second-order valence-electron chi connectivity index (χ2n) is 5.15. The number of nitrogens with one attached hydrogen (secondary N) is 1. The number of methoxy groups -OCH3 is 1. The third-order valence-electron chi connectivity index (χ3n) is 3.01. The summed E-state index contributed by atoms with van der Waals surface area (Å²) in [6, 6.07) is 1.53. The van der Waals surface area contributed by atoms with Gasteiger partial charge in [0.15, 0.2) is 5.16 Å². The third-order valence-corrected chi connectivity index (χ3v) is 3.97. The summed E-state index contributed by atoms with van der Waals surface area (Å²) in [5.74, 6) is 0.312. The number of aromatic nitrogens is 2. The number of nitrogens with two attached hydrogens (primary N) is 1. The molecule has 0 amide bonds. The van der Waals surface area contributed by atoms with E-state index >= 15 is 0 Å². The molecule has 118 valence electrons. The van der Waals surface area contributed by atoms with Gasteiger partial charge in [-0.1, -0.05) is 25.1 Å². The molecule has 7 heteroatoms. The van der Waals surface area contributed by atoms with Crippen LogP contribution in [-0.2, 0) is 16.0 Å². The van der Waals surface area contributed by atoms with Gasteiger partial charge in [0, 0.05) is 17.5 Å². The predicted molar refractivity (Wildman–Crippen MR) is 83.4 cm³/mol. The average Bonchev–Trinajstić information content (AvgIpc) is 2.42. The Bertz CT molecular complexity index is 528. The highest BCUT2D eigenvalue weighted by Gasteiger charge is 2.28. The van der Waals surface area contributed by atoms with Crippen molar-refractivity contribution in [3.8, 4) is 0 Å². The summed E-state index contributed by atoms with van der Waals surface area (Å²) < 4.78 is 4.66. The summed E-state index contributed by atoms with van der Waals surface area (Å²) in [5, 5.41) is 0.614. The Hall–Kier alpha value is -1.34. The van der Waals surface area contributed by atoms with Crippen molar-refractivity contribution in [1.82, 2.24) is 9.97 Å². The van der Waals surface area contributed by atoms with Gasteiger partial charge in [-0.2, -0.15) is 0 Å². The van der Waals surface area contributed by atoms with Crippen molar-refractivity contribution in [3.05, 3.63) is 22.1 Å². The zero-order chi connectivity index (χ0) is 15.9. The van der Waals surface area contributed by atoms with Gasteiger partial charge in [-0.25, -0.2) is 4.98 Å².